The van der Waals surface area contributed by atoms with Crippen molar-refractivity contribution in [2.75, 3.05) is 0 Å². The molecule has 0 aliphatic carbocycles. The highest BCUT2D eigenvalue weighted by Gasteiger charge is 2.15. The first-order valence-electron chi connectivity index (χ1n) is 9.13. The lowest BCUT2D eigenvalue weighted by atomic mass is 9.95. The fourth-order valence-electron chi connectivity index (χ4n) is 3.38. The first kappa shape index (κ1) is 18.5. The van der Waals surface area contributed by atoms with Gasteiger partial charge in [0.1, 0.15) is 11.0 Å². The van der Waals surface area contributed by atoms with E-state index in [2.05, 4.69) is 62.8 Å². The van der Waals surface area contributed by atoms with Crippen molar-refractivity contribution in [2.24, 2.45) is 5.92 Å². The van der Waals surface area contributed by atoms with Crippen molar-refractivity contribution in [1.82, 2.24) is 8.75 Å². The quantitative estimate of drug-likeness (QED) is 0.275. The molecule has 3 aromatic heterocycles. The summed E-state index contributed by atoms with van der Waals surface area (Å²) in [5.41, 5.74) is 3.16. The maximum atomic E-state index is 4.52. The van der Waals surface area contributed by atoms with E-state index in [1.165, 1.54) is 68.5 Å². The molecule has 2 nitrogen and oxygen atoms in total. The SMILES string of the molecule is CCCCC(CC)Cc1cc2sc(-c3ccc(Br)c4nsnc34)cc2s1. The lowest BCUT2D eigenvalue weighted by Crippen LogP contribution is -2.01. The zero-order chi connectivity index (χ0) is 18.1. The lowest BCUT2D eigenvalue weighted by Gasteiger charge is -2.12. The number of hydrogen-bond acceptors (Lipinski definition) is 5. The van der Waals surface area contributed by atoms with Gasteiger partial charge in [-0.1, -0.05) is 45.6 Å². The molecule has 0 aliphatic heterocycles. The van der Waals surface area contributed by atoms with Crippen molar-refractivity contribution < 1.29 is 0 Å². The number of thiophene rings is 2. The predicted molar refractivity (Wildman–Crippen MR) is 121 cm³/mol. The minimum Gasteiger partial charge on any atom is -0.172 e. The number of halogens is 1. The number of unbranched alkanes of at least 4 members (excludes halogenated alkanes) is 1. The Morgan fingerprint density at radius 2 is 1.85 bits per heavy atom. The number of benzene rings is 1. The van der Waals surface area contributed by atoms with Crippen molar-refractivity contribution in [2.45, 2.75) is 46.0 Å². The van der Waals surface area contributed by atoms with Crippen LogP contribution in [0.15, 0.2) is 28.7 Å². The second-order valence-corrected chi connectivity index (χ2v) is 10.4. The molecule has 136 valence electrons. The summed E-state index contributed by atoms with van der Waals surface area (Å²) in [5, 5.41) is 0. The largest absolute Gasteiger partial charge is 0.172 e. The number of aromatic nitrogens is 2. The molecule has 4 rings (SSSR count). The van der Waals surface area contributed by atoms with E-state index in [-0.39, 0.29) is 0 Å². The van der Waals surface area contributed by atoms with Crippen LogP contribution in [0.4, 0.5) is 0 Å². The van der Waals surface area contributed by atoms with Crippen LogP contribution in [0.5, 0.6) is 0 Å². The number of fused-ring (bicyclic) bond motifs is 2. The highest BCUT2D eigenvalue weighted by atomic mass is 79.9. The molecule has 0 spiro atoms. The normalized spacial score (nSPS) is 13.0. The Kier molecular flexibility index (Phi) is 5.74. The summed E-state index contributed by atoms with van der Waals surface area (Å²) >= 11 is 8.70. The molecule has 1 aromatic carbocycles. The van der Waals surface area contributed by atoms with Gasteiger partial charge in [0.2, 0.25) is 0 Å². The van der Waals surface area contributed by atoms with Crippen LogP contribution in [0.25, 0.3) is 30.9 Å². The Bertz CT molecular complexity index is 999. The van der Waals surface area contributed by atoms with Crippen LogP contribution in [0, 0.1) is 5.92 Å². The van der Waals surface area contributed by atoms with Crippen LogP contribution >= 0.6 is 50.3 Å². The van der Waals surface area contributed by atoms with Gasteiger partial charge in [0, 0.05) is 29.2 Å². The van der Waals surface area contributed by atoms with Gasteiger partial charge in [0.25, 0.3) is 0 Å². The maximum absolute atomic E-state index is 4.52. The van der Waals surface area contributed by atoms with Gasteiger partial charge in [0.05, 0.1) is 11.7 Å². The smallest absolute Gasteiger partial charge is 0.119 e. The fraction of sp³-hybridized carbons (Fsp3) is 0.400. The van der Waals surface area contributed by atoms with Crippen LogP contribution in [0.2, 0.25) is 0 Å². The lowest BCUT2D eigenvalue weighted by molar-refractivity contribution is 0.452. The van der Waals surface area contributed by atoms with Gasteiger partial charge in [-0.05, 0) is 46.5 Å². The van der Waals surface area contributed by atoms with Gasteiger partial charge in [0.15, 0.2) is 0 Å². The molecule has 0 fully saturated rings. The minimum atomic E-state index is 0.828. The van der Waals surface area contributed by atoms with E-state index in [0.717, 1.165) is 21.4 Å². The summed E-state index contributed by atoms with van der Waals surface area (Å²) < 4.78 is 12.8. The average molecular weight is 466 g/mol. The minimum absolute atomic E-state index is 0.828. The summed E-state index contributed by atoms with van der Waals surface area (Å²) in [6, 6.07) is 8.99. The second-order valence-electron chi connectivity index (χ2n) is 6.73. The van der Waals surface area contributed by atoms with E-state index in [1.54, 1.807) is 0 Å². The van der Waals surface area contributed by atoms with E-state index in [0.29, 0.717) is 0 Å². The zero-order valence-electron chi connectivity index (χ0n) is 14.9. The summed E-state index contributed by atoms with van der Waals surface area (Å²) in [6.45, 7) is 4.61. The second kappa shape index (κ2) is 8.05. The van der Waals surface area contributed by atoms with Gasteiger partial charge in [-0.15, -0.1) is 22.7 Å². The van der Waals surface area contributed by atoms with Crippen LogP contribution < -0.4 is 0 Å². The molecule has 0 aliphatic rings. The molecule has 3 heterocycles. The Balaban J connectivity index is 1.62. The monoisotopic (exact) mass is 464 g/mol. The van der Waals surface area contributed by atoms with Crippen molar-refractivity contribution >= 4 is 70.8 Å². The third-order valence-electron chi connectivity index (χ3n) is 4.92. The molecular formula is C20H21BrN2S3. The Hall–Kier alpha value is -0.820. The summed E-state index contributed by atoms with van der Waals surface area (Å²) in [7, 11) is 0. The molecule has 0 saturated heterocycles. The van der Waals surface area contributed by atoms with Gasteiger partial charge >= 0.3 is 0 Å². The highest BCUT2D eigenvalue weighted by Crippen LogP contribution is 2.42. The fourth-order valence-corrected chi connectivity index (χ4v) is 7.04. The van der Waals surface area contributed by atoms with Gasteiger partial charge < -0.3 is 0 Å². The molecule has 0 bridgehead atoms. The van der Waals surface area contributed by atoms with Gasteiger partial charge in [-0.2, -0.15) is 8.75 Å². The summed E-state index contributed by atoms with van der Waals surface area (Å²) in [4.78, 5) is 2.83. The van der Waals surface area contributed by atoms with Crippen LogP contribution in [0.3, 0.4) is 0 Å². The Labute approximate surface area is 174 Å². The van der Waals surface area contributed by atoms with E-state index in [4.69, 9.17) is 0 Å². The molecule has 0 radical (unpaired) electrons. The van der Waals surface area contributed by atoms with Gasteiger partial charge in [-0.25, -0.2) is 0 Å². The van der Waals surface area contributed by atoms with Crippen LogP contribution in [-0.2, 0) is 6.42 Å². The molecule has 1 atom stereocenters. The molecule has 0 saturated carbocycles. The van der Waals surface area contributed by atoms with E-state index < -0.39 is 0 Å². The number of nitrogens with zero attached hydrogens (tertiary/aromatic N) is 2. The van der Waals surface area contributed by atoms with Crippen LogP contribution in [0.1, 0.15) is 44.4 Å². The standard InChI is InChI=1S/C20H21BrN2S3/c1-3-5-6-12(4-2)9-13-10-17-18(24-13)11-16(25-17)14-7-8-15(21)20-19(14)22-26-23-20/h7-8,10-12H,3-6,9H2,1-2H3. The number of rotatable bonds is 7. The third kappa shape index (κ3) is 3.61. The Morgan fingerprint density at radius 3 is 2.62 bits per heavy atom. The maximum Gasteiger partial charge on any atom is 0.119 e. The molecular weight excluding hydrogens is 444 g/mol. The van der Waals surface area contributed by atoms with Gasteiger partial charge in [-0.3, -0.25) is 0 Å². The van der Waals surface area contributed by atoms with Crippen molar-refractivity contribution in [3.8, 4) is 10.4 Å². The molecule has 26 heavy (non-hydrogen) atoms. The highest BCUT2D eigenvalue weighted by molar-refractivity contribution is 9.10. The van der Waals surface area contributed by atoms with Crippen LogP contribution in [-0.4, -0.2) is 8.75 Å². The first-order chi connectivity index (χ1) is 12.7. The van der Waals surface area contributed by atoms with E-state index in [9.17, 15) is 0 Å². The van der Waals surface area contributed by atoms with E-state index >= 15 is 0 Å². The predicted octanol–water partition coefficient (Wildman–Crippen LogP) is 8.16. The molecule has 0 amide bonds. The molecule has 1 unspecified atom stereocenters. The topological polar surface area (TPSA) is 25.8 Å². The Morgan fingerprint density at radius 1 is 1.04 bits per heavy atom. The van der Waals surface area contributed by atoms with Crippen molar-refractivity contribution in [3.05, 3.63) is 33.6 Å². The van der Waals surface area contributed by atoms with Crippen molar-refractivity contribution in [1.29, 1.82) is 0 Å². The average Bonchev–Trinajstić information content (AvgIpc) is 3.33. The number of hydrogen-bond donors (Lipinski definition) is 0. The first-order valence-corrected chi connectivity index (χ1v) is 12.3. The summed E-state index contributed by atoms with van der Waals surface area (Å²) in [6.07, 6.45) is 6.52. The molecule has 6 heteroatoms. The van der Waals surface area contributed by atoms with Crippen molar-refractivity contribution in [3.63, 3.8) is 0 Å². The van der Waals surface area contributed by atoms with E-state index in [1.807, 2.05) is 22.7 Å². The zero-order valence-corrected chi connectivity index (χ0v) is 19.0. The molecule has 4 aromatic rings. The molecule has 0 N–H and O–H groups in total. The summed E-state index contributed by atoms with van der Waals surface area (Å²) in [5.74, 6) is 0.828. The third-order valence-corrected chi connectivity index (χ3v) is 8.44.